The van der Waals surface area contributed by atoms with Gasteiger partial charge in [0.1, 0.15) is 5.69 Å². The molecule has 1 unspecified atom stereocenters. The molecule has 0 radical (unpaired) electrons. The van der Waals surface area contributed by atoms with Crippen molar-refractivity contribution in [2.75, 3.05) is 31.6 Å². The predicted molar refractivity (Wildman–Crippen MR) is 97.4 cm³/mol. The van der Waals surface area contributed by atoms with E-state index in [1.165, 1.54) is 0 Å². The van der Waals surface area contributed by atoms with Crippen molar-refractivity contribution in [1.82, 2.24) is 15.1 Å². The lowest BCUT2D eigenvalue weighted by Gasteiger charge is -2.33. The fourth-order valence-electron chi connectivity index (χ4n) is 2.54. The molecule has 0 spiro atoms. The third-order valence-corrected chi connectivity index (χ3v) is 3.73. The van der Waals surface area contributed by atoms with E-state index in [2.05, 4.69) is 39.5 Å². The van der Waals surface area contributed by atoms with Gasteiger partial charge in [-0.3, -0.25) is 4.90 Å². The van der Waals surface area contributed by atoms with Crippen LogP contribution in [0.15, 0.2) is 42.6 Å². The predicted octanol–water partition coefficient (Wildman–Crippen LogP) is 3.08. The van der Waals surface area contributed by atoms with Gasteiger partial charge < -0.3 is 10.1 Å². The Balaban J connectivity index is 0.00000132. The Labute approximate surface area is 149 Å². The lowest BCUT2D eigenvalue weighted by atomic mass is 10.1. The van der Waals surface area contributed by atoms with Crippen molar-refractivity contribution in [1.29, 1.82) is 0 Å². The van der Waals surface area contributed by atoms with Crippen LogP contribution in [0.2, 0.25) is 0 Å². The minimum Gasteiger partial charge on any atom is -0.379 e. The number of hydrogen-bond acceptors (Lipinski definition) is 5. The Morgan fingerprint density at radius 2 is 1.78 bits per heavy atom. The van der Waals surface area contributed by atoms with Gasteiger partial charge in [0.25, 0.3) is 0 Å². The summed E-state index contributed by atoms with van der Waals surface area (Å²) < 4.78 is 5.40. The molecule has 1 aliphatic heterocycles. The van der Waals surface area contributed by atoms with E-state index < -0.39 is 0 Å². The summed E-state index contributed by atoms with van der Waals surface area (Å²) in [5, 5.41) is 11.9. The van der Waals surface area contributed by atoms with Crippen LogP contribution in [0.5, 0.6) is 0 Å². The van der Waals surface area contributed by atoms with Gasteiger partial charge in [0, 0.05) is 18.7 Å². The van der Waals surface area contributed by atoms with Crippen LogP contribution in [0.3, 0.4) is 0 Å². The Bertz CT molecular complexity index is 579. The first-order chi connectivity index (χ1) is 10.3. The smallest absolute Gasteiger partial charge is 0.116 e. The molecule has 1 aromatic heterocycles. The highest BCUT2D eigenvalue weighted by atomic mass is 35.5. The molecule has 1 aromatic carbocycles. The number of aromatic nitrogens is 2. The molecule has 23 heavy (non-hydrogen) atoms. The zero-order chi connectivity index (χ0) is 14.5. The molecule has 2 heterocycles. The van der Waals surface area contributed by atoms with Gasteiger partial charge in [-0.05, 0) is 13.0 Å². The third kappa shape index (κ3) is 5.04. The molecule has 2 aromatic rings. The first-order valence-electron chi connectivity index (χ1n) is 7.30. The minimum atomic E-state index is 0. The largest absolute Gasteiger partial charge is 0.379 e. The summed E-state index contributed by atoms with van der Waals surface area (Å²) in [4.78, 5) is 2.37. The molecule has 1 aliphatic rings. The summed E-state index contributed by atoms with van der Waals surface area (Å²) in [5.41, 5.74) is 2.97. The van der Waals surface area contributed by atoms with E-state index in [1.807, 2.05) is 24.3 Å². The van der Waals surface area contributed by atoms with E-state index in [4.69, 9.17) is 4.74 Å². The summed E-state index contributed by atoms with van der Waals surface area (Å²) in [6, 6.07) is 12.1. The number of halogens is 2. The first-order valence-corrected chi connectivity index (χ1v) is 7.30. The molecule has 0 saturated carbocycles. The molecule has 0 aliphatic carbocycles. The summed E-state index contributed by atoms with van der Waals surface area (Å²) >= 11 is 0. The van der Waals surface area contributed by atoms with Gasteiger partial charge in [-0.25, -0.2) is 0 Å². The van der Waals surface area contributed by atoms with Gasteiger partial charge in [0.2, 0.25) is 0 Å². The number of nitrogens with zero attached hydrogens (tertiary/aromatic N) is 3. The molecule has 1 saturated heterocycles. The number of hydrogen-bond donors (Lipinski definition) is 1. The van der Waals surface area contributed by atoms with Crippen LogP contribution in [-0.2, 0) is 4.74 Å². The Hall–Kier alpha value is -1.40. The zero-order valence-corrected chi connectivity index (χ0v) is 14.6. The van der Waals surface area contributed by atoms with Crippen molar-refractivity contribution >= 4 is 30.5 Å². The number of benzene rings is 1. The lowest BCUT2D eigenvalue weighted by molar-refractivity contribution is 0.0254. The minimum absolute atomic E-state index is 0. The fourth-order valence-corrected chi connectivity index (χ4v) is 2.54. The number of morpholine rings is 1. The van der Waals surface area contributed by atoms with Gasteiger partial charge in [0.15, 0.2) is 0 Å². The Morgan fingerprint density at radius 3 is 2.48 bits per heavy atom. The summed E-state index contributed by atoms with van der Waals surface area (Å²) in [7, 11) is 0. The molecule has 1 fully saturated rings. The highest BCUT2D eigenvalue weighted by Crippen LogP contribution is 2.25. The summed E-state index contributed by atoms with van der Waals surface area (Å²) in [5.74, 6) is 0. The summed E-state index contributed by atoms with van der Waals surface area (Å²) in [6.45, 7) is 5.67. The second-order valence-corrected chi connectivity index (χ2v) is 5.13. The monoisotopic (exact) mass is 356 g/mol. The van der Waals surface area contributed by atoms with E-state index in [9.17, 15) is 0 Å². The maximum Gasteiger partial charge on any atom is 0.116 e. The second-order valence-electron chi connectivity index (χ2n) is 5.13. The molecule has 7 heteroatoms. The number of anilines is 1. The van der Waals surface area contributed by atoms with Crippen molar-refractivity contribution in [3.63, 3.8) is 0 Å². The maximum absolute atomic E-state index is 5.40. The number of rotatable bonds is 4. The molecule has 0 amide bonds. The molecular weight excluding hydrogens is 335 g/mol. The van der Waals surface area contributed by atoms with Crippen LogP contribution >= 0.6 is 24.8 Å². The van der Waals surface area contributed by atoms with Crippen LogP contribution in [0.4, 0.5) is 5.69 Å². The zero-order valence-electron chi connectivity index (χ0n) is 13.0. The maximum atomic E-state index is 5.40. The average Bonchev–Trinajstić information content (AvgIpc) is 2.57. The van der Waals surface area contributed by atoms with Crippen LogP contribution in [0, 0.1) is 0 Å². The highest BCUT2D eigenvalue weighted by Gasteiger charge is 2.18. The SMILES string of the molecule is CC(Nc1ccnnc1-c1ccccc1)N1CCOCC1.Cl.Cl. The molecule has 5 nitrogen and oxygen atoms in total. The average molecular weight is 357 g/mol. The standard InChI is InChI=1S/C16H20N4O.2ClH/c1-13(20-9-11-21-12-10-20)18-15-7-8-17-19-16(15)14-5-3-2-4-6-14;;/h2-8,13H,9-12H2,1H3,(H,17,18);2*1H. The normalized spacial score (nSPS) is 15.9. The molecular formula is C16H22Cl2N4O. The van der Waals surface area contributed by atoms with Crippen molar-refractivity contribution in [2.24, 2.45) is 0 Å². The van der Waals surface area contributed by atoms with Crippen molar-refractivity contribution < 1.29 is 4.74 Å². The molecule has 0 bridgehead atoms. The lowest BCUT2D eigenvalue weighted by Crippen LogP contribution is -2.45. The topological polar surface area (TPSA) is 50.3 Å². The van der Waals surface area contributed by atoms with Crippen LogP contribution in [0.25, 0.3) is 11.3 Å². The summed E-state index contributed by atoms with van der Waals surface area (Å²) in [6.07, 6.45) is 1.96. The van der Waals surface area contributed by atoms with Gasteiger partial charge >= 0.3 is 0 Å². The highest BCUT2D eigenvalue weighted by molar-refractivity contribution is 5.85. The van der Waals surface area contributed by atoms with E-state index in [-0.39, 0.29) is 31.0 Å². The first kappa shape index (κ1) is 19.6. The van der Waals surface area contributed by atoms with Crippen LogP contribution < -0.4 is 5.32 Å². The Morgan fingerprint density at radius 1 is 1.09 bits per heavy atom. The van der Waals surface area contributed by atoms with Gasteiger partial charge in [0.05, 0.1) is 31.3 Å². The van der Waals surface area contributed by atoms with E-state index in [0.717, 1.165) is 43.2 Å². The van der Waals surface area contributed by atoms with E-state index in [0.29, 0.717) is 0 Å². The van der Waals surface area contributed by atoms with Crippen LogP contribution in [0.1, 0.15) is 6.92 Å². The van der Waals surface area contributed by atoms with Crippen molar-refractivity contribution in [2.45, 2.75) is 13.1 Å². The Kier molecular flexibility index (Phi) is 8.26. The molecule has 1 atom stereocenters. The van der Waals surface area contributed by atoms with E-state index >= 15 is 0 Å². The quantitative estimate of drug-likeness (QED) is 0.911. The molecule has 1 N–H and O–H groups in total. The van der Waals surface area contributed by atoms with Gasteiger partial charge in [-0.2, -0.15) is 5.10 Å². The van der Waals surface area contributed by atoms with Gasteiger partial charge in [-0.15, -0.1) is 29.9 Å². The van der Waals surface area contributed by atoms with E-state index in [1.54, 1.807) is 6.20 Å². The second kappa shape index (κ2) is 9.67. The molecule has 126 valence electrons. The fraction of sp³-hybridized carbons (Fsp3) is 0.375. The third-order valence-electron chi connectivity index (χ3n) is 3.73. The van der Waals surface area contributed by atoms with Crippen LogP contribution in [-0.4, -0.2) is 47.6 Å². The van der Waals surface area contributed by atoms with Crippen molar-refractivity contribution in [3.8, 4) is 11.3 Å². The number of nitrogens with one attached hydrogen (secondary N) is 1. The molecule has 3 rings (SSSR count). The number of ether oxygens (including phenoxy) is 1. The van der Waals surface area contributed by atoms with Crippen molar-refractivity contribution in [3.05, 3.63) is 42.6 Å². The van der Waals surface area contributed by atoms with Gasteiger partial charge in [-0.1, -0.05) is 30.3 Å².